The van der Waals surface area contributed by atoms with E-state index < -0.39 is 0 Å². The van der Waals surface area contributed by atoms with Crippen molar-refractivity contribution in [2.24, 2.45) is 0 Å². The summed E-state index contributed by atoms with van der Waals surface area (Å²) in [5, 5.41) is 3.37. The smallest absolute Gasteiger partial charge is 0.160 e. The first kappa shape index (κ1) is 18.8. The quantitative estimate of drug-likeness (QED) is 0.584. The van der Waals surface area contributed by atoms with Crippen molar-refractivity contribution in [3.8, 4) is 11.5 Å². The normalized spacial score (nSPS) is 10.5. The molecule has 3 rings (SSSR count). The predicted molar refractivity (Wildman–Crippen MR) is 108 cm³/mol. The lowest BCUT2D eigenvalue weighted by Crippen LogP contribution is -1.98. The molecule has 0 saturated carbocycles. The van der Waals surface area contributed by atoms with Crippen LogP contribution in [0.25, 0.3) is 0 Å². The second-order valence-corrected chi connectivity index (χ2v) is 6.47. The van der Waals surface area contributed by atoms with Crippen LogP contribution in [0.2, 0.25) is 0 Å². The van der Waals surface area contributed by atoms with Gasteiger partial charge in [-0.15, -0.1) is 0 Å². The van der Waals surface area contributed by atoms with Gasteiger partial charge in [-0.25, -0.2) is 4.39 Å². The molecule has 0 heterocycles. The molecule has 0 fully saturated rings. The van der Waals surface area contributed by atoms with Crippen molar-refractivity contribution < 1.29 is 13.9 Å². The summed E-state index contributed by atoms with van der Waals surface area (Å²) < 4.78 is 23.8. The van der Waals surface area contributed by atoms with Gasteiger partial charge >= 0.3 is 0 Å². The zero-order valence-electron chi connectivity index (χ0n) is 15.9. The fourth-order valence-electron chi connectivity index (χ4n) is 2.97. The van der Waals surface area contributed by atoms with Crippen molar-refractivity contribution in [1.82, 2.24) is 0 Å². The van der Waals surface area contributed by atoms with Crippen molar-refractivity contribution >= 4 is 11.4 Å². The maximum atomic E-state index is 13.1. The van der Waals surface area contributed by atoms with Gasteiger partial charge in [0, 0.05) is 11.4 Å². The van der Waals surface area contributed by atoms with Gasteiger partial charge in [0.2, 0.25) is 0 Å². The molecule has 0 saturated heterocycles. The standard InChI is InChI=1S/C23H24FNO2/c1-16-4-5-17(14-21(16)25-20-11-9-19(24)10-12-20)6-7-18-8-13-22(26-2)23(15-18)27-3/h4-5,8-15,25H,6-7H2,1-3H3. The molecule has 0 amide bonds. The van der Waals surface area contributed by atoms with Crippen molar-refractivity contribution in [2.75, 3.05) is 19.5 Å². The van der Waals surface area contributed by atoms with E-state index in [4.69, 9.17) is 9.47 Å². The second kappa shape index (κ2) is 8.58. The highest BCUT2D eigenvalue weighted by Gasteiger charge is 2.06. The number of halogens is 1. The van der Waals surface area contributed by atoms with Crippen LogP contribution in [0.4, 0.5) is 15.8 Å². The average molecular weight is 365 g/mol. The Labute approximate surface area is 159 Å². The summed E-state index contributed by atoms with van der Waals surface area (Å²) in [4.78, 5) is 0. The van der Waals surface area contributed by atoms with E-state index >= 15 is 0 Å². The Kier molecular flexibility index (Phi) is 5.97. The summed E-state index contributed by atoms with van der Waals surface area (Å²) in [7, 11) is 3.29. The molecule has 0 aliphatic heterocycles. The van der Waals surface area contributed by atoms with Crippen molar-refractivity contribution in [2.45, 2.75) is 19.8 Å². The number of ether oxygens (including phenoxy) is 2. The van der Waals surface area contributed by atoms with Crippen LogP contribution in [-0.2, 0) is 12.8 Å². The summed E-state index contributed by atoms with van der Waals surface area (Å²) in [6.07, 6.45) is 1.81. The maximum absolute atomic E-state index is 13.1. The maximum Gasteiger partial charge on any atom is 0.160 e. The third-order valence-electron chi connectivity index (χ3n) is 4.58. The number of methoxy groups -OCH3 is 2. The van der Waals surface area contributed by atoms with Gasteiger partial charge in [-0.1, -0.05) is 18.2 Å². The van der Waals surface area contributed by atoms with Crippen LogP contribution in [-0.4, -0.2) is 14.2 Å². The van der Waals surface area contributed by atoms with Crippen LogP contribution in [0.15, 0.2) is 60.7 Å². The van der Waals surface area contributed by atoms with Gasteiger partial charge in [0.1, 0.15) is 5.82 Å². The average Bonchev–Trinajstić information content (AvgIpc) is 2.70. The summed E-state index contributed by atoms with van der Waals surface area (Å²) in [6.45, 7) is 2.06. The molecule has 0 aliphatic rings. The lowest BCUT2D eigenvalue weighted by atomic mass is 10.0. The van der Waals surface area contributed by atoms with E-state index in [1.54, 1.807) is 26.4 Å². The molecule has 0 atom stereocenters. The minimum atomic E-state index is -0.235. The summed E-state index contributed by atoms with van der Waals surface area (Å²) >= 11 is 0. The number of nitrogens with one attached hydrogen (secondary N) is 1. The molecule has 3 nitrogen and oxygen atoms in total. The van der Waals surface area contributed by atoms with E-state index in [1.165, 1.54) is 23.3 Å². The third kappa shape index (κ3) is 4.79. The first-order valence-electron chi connectivity index (χ1n) is 8.92. The van der Waals surface area contributed by atoms with Gasteiger partial charge in [0.25, 0.3) is 0 Å². The number of hydrogen-bond acceptors (Lipinski definition) is 3. The van der Waals surface area contributed by atoms with Gasteiger partial charge in [-0.2, -0.15) is 0 Å². The zero-order chi connectivity index (χ0) is 19.2. The van der Waals surface area contributed by atoms with Crippen LogP contribution in [0.3, 0.4) is 0 Å². The lowest BCUT2D eigenvalue weighted by Gasteiger charge is -2.13. The Balaban J connectivity index is 1.71. The van der Waals surface area contributed by atoms with Gasteiger partial charge < -0.3 is 14.8 Å². The molecule has 0 aliphatic carbocycles. The first-order valence-corrected chi connectivity index (χ1v) is 8.92. The number of benzene rings is 3. The molecule has 3 aromatic carbocycles. The molecular weight excluding hydrogens is 341 g/mol. The Morgan fingerprint density at radius 3 is 2.07 bits per heavy atom. The van der Waals surface area contributed by atoms with Crippen LogP contribution in [0.1, 0.15) is 16.7 Å². The van der Waals surface area contributed by atoms with Gasteiger partial charge in [0.05, 0.1) is 14.2 Å². The summed E-state index contributed by atoms with van der Waals surface area (Å²) in [5.74, 6) is 1.25. The van der Waals surface area contributed by atoms with E-state index in [0.717, 1.165) is 41.3 Å². The number of rotatable bonds is 7. The Hall–Kier alpha value is -3.01. The topological polar surface area (TPSA) is 30.5 Å². The minimum Gasteiger partial charge on any atom is -0.493 e. The van der Waals surface area contributed by atoms with Gasteiger partial charge in [0.15, 0.2) is 11.5 Å². The molecule has 1 N–H and O–H groups in total. The van der Waals surface area contributed by atoms with Crippen molar-refractivity contribution in [3.63, 3.8) is 0 Å². The molecule has 0 aromatic heterocycles. The fraction of sp³-hybridized carbons (Fsp3) is 0.217. The summed E-state index contributed by atoms with van der Waals surface area (Å²) in [6, 6.07) is 18.8. The third-order valence-corrected chi connectivity index (χ3v) is 4.58. The van der Waals surface area contributed by atoms with Gasteiger partial charge in [-0.3, -0.25) is 0 Å². The fourth-order valence-corrected chi connectivity index (χ4v) is 2.97. The largest absolute Gasteiger partial charge is 0.493 e. The lowest BCUT2D eigenvalue weighted by molar-refractivity contribution is 0.354. The number of aryl methyl sites for hydroxylation is 3. The highest BCUT2D eigenvalue weighted by Crippen LogP contribution is 2.28. The molecule has 140 valence electrons. The second-order valence-electron chi connectivity index (χ2n) is 6.47. The highest BCUT2D eigenvalue weighted by molar-refractivity contribution is 5.63. The van der Waals surface area contributed by atoms with Crippen molar-refractivity contribution in [3.05, 3.63) is 83.2 Å². The molecule has 0 radical (unpaired) electrons. The monoisotopic (exact) mass is 365 g/mol. The molecule has 4 heteroatoms. The van der Waals surface area contributed by atoms with E-state index in [-0.39, 0.29) is 5.82 Å². The van der Waals surface area contributed by atoms with E-state index in [0.29, 0.717) is 0 Å². The highest BCUT2D eigenvalue weighted by atomic mass is 19.1. The predicted octanol–water partition coefficient (Wildman–Crippen LogP) is 5.68. The van der Waals surface area contributed by atoms with Gasteiger partial charge in [-0.05, 0) is 78.9 Å². The minimum absolute atomic E-state index is 0.235. The first-order chi connectivity index (χ1) is 13.1. The number of anilines is 2. The van der Waals surface area contributed by atoms with Crippen LogP contribution >= 0.6 is 0 Å². The molecule has 0 spiro atoms. The molecule has 0 unspecified atom stereocenters. The SMILES string of the molecule is COc1ccc(CCc2ccc(C)c(Nc3ccc(F)cc3)c2)cc1OC. The number of hydrogen-bond donors (Lipinski definition) is 1. The molecule has 27 heavy (non-hydrogen) atoms. The Bertz CT molecular complexity index is 907. The Morgan fingerprint density at radius 1 is 0.778 bits per heavy atom. The molecule has 0 bridgehead atoms. The van der Waals surface area contributed by atoms with Crippen molar-refractivity contribution in [1.29, 1.82) is 0 Å². The molecular formula is C23H24FNO2. The van der Waals surface area contributed by atoms with Crippen LogP contribution in [0, 0.1) is 12.7 Å². The summed E-state index contributed by atoms with van der Waals surface area (Å²) in [5.41, 5.74) is 5.48. The van der Waals surface area contributed by atoms with E-state index in [1.807, 2.05) is 12.1 Å². The Morgan fingerprint density at radius 2 is 1.41 bits per heavy atom. The zero-order valence-corrected chi connectivity index (χ0v) is 15.9. The van der Waals surface area contributed by atoms with E-state index in [2.05, 4.69) is 36.5 Å². The van der Waals surface area contributed by atoms with Crippen LogP contribution in [0.5, 0.6) is 11.5 Å². The van der Waals surface area contributed by atoms with E-state index in [9.17, 15) is 4.39 Å². The molecule has 3 aromatic rings. The van der Waals surface area contributed by atoms with Crippen LogP contribution < -0.4 is 14.8 Å².